The Morgan fingerprint density at radius 1 is 1.43 bits per heavy atom. The molecule has 122 valence electrons. The van der Waals surface area contributed by atoms with Crippen molar-refractivity contribution in [2.45, 2.75) is 20.8 Å². The summed E-state index contributed by atoms with van der Waals surface area (Å²) in [6.07, 6.45) is 0. The van der Waals surface area contributed by atoms with Gasteiger partial charge in [-0.2, -0.15) is 0 Å². The number of hydrogen-bond donors (Lipinski definition) is 1. The number of hydrogen-bond acceptors (Lipinski definition) is 4. The molecule has 1 saturated heterocycles. The average molecular weight is 298 g/mol. The van der Waals surface area contributed by atoms with Gasteiger partial charge in [0.15, 0.2) is 5.96 Å². The van der Waals surface area contributed by atoms with Crippen molar-refractivity contribution in [2.75, 3.05) is 53.4 Å². The molecule has 1 aliphatic rings. The predicted octanol–water partition coefficient (Wildman–Crippen LogP) is 0.645. The first-order valence-electron chi connectivity index (χ1n) is 7.83. The van der Waals surface area contributed by atoms with Gasteiger partial charge in [-0.1, -0.05) is 13.8 Å². The van der Waals surface area contributed by atoms with Crippen LogP contribution in [0, 0.1) is 11.8 Å². The van der Waals surface area contributed by atoms with Gasteiger partial charge in [0.05, 0.1) is 19.6 Å². The molecule has 21 heavy (non-hydrogen) atoms. The van der Waals surface area contributed by atoms with E-state index in [1.807, 2.05) is 0 Å². The summed E-state index contributed by atoms with van der Waals surface area (Å²) in [5.41, 5.74) is 0. The summed E-state index contributed by atoms with van der Waals surface area (Å²) in [5, 5.41) is 3.32. The molecule has 0 bridgehead atoms. The van der Waals surface area contributed by atoms with E-state index in [-0.39, 0.29) is 11.9 Å². The summed E-state index contributed by atoms with van der Waals surface area (Å²) in [6, 6.07) is 0. The van der Waals surface area contributed by atoms with Gasteiger partial charge >= 0.3 is 5.97 Å². The number of rotatable bonds is 6. The third kappa shape index (κ3) is 5.19. The molecule has 0 saturated carbocycles. The summed E-state index contributed by atoms with van der Waals surface area (Å²) in [7, 11) is 3.55. The molecule has 0 aromatic rings. The number of ether oxygens (including phenoxy) is 1. The average Bonchev–Trinajstić information content (AvgIpc) is 2.87. The molecular weight excluding hydrogens is 268 g/mol. The van der Waals surface area contributed by atoms with Gasteiger partial charge in [0.25, 0.3) is 0 Å². The number of carbonyl (C=O) groups excluding carboxylic acids is 1. The lowest BCUT2D eigenvalue weighted by Gasteiger charge is -2.22. The Bertz CT molecular complexity index is 360. The fourth-order valence-electron chi connectivity index (χ4n) is 2.51. The lowest BCUT2D eigenvalue weighted by Crippen LogP contribution is -2.41. The number of likely N-dealkylation sites (tertiary alicyclic amines) is 1. The molecule has 0 aromatic heterocycles. The highest BCUT2D eigenvalue weighted by Crippen LogP contribution is 2.24. The lowest BCUT2D eigenvalue weighted by molar-refractivity contribution is -0.145. The lowest BCUT2D eigenvalue weighted by atomic mass is 9.99. The van der Waals surface area contributed by atoms with E-state index in [1.54, 1.807) is 0 Å². The summed E-state index contributed by atoms with van der Waals surface area (Å²) in [4.78, 5) is 20.9. The Labute approximate surface area is 128 Å². The third-order valence-corrected chi connectivity index (χ3v) is 4.03. The number of carbonyl (C=O) groups is 1. The second-order valence-corrected chi connectivity index (χ2v) is 5.64. The quantitative estimate of drug-likeness (QED) is 0.443. The SMILES string of the molecule is CCNC(=NCCN(C)CC)N1CC(C)C(C(=O)OC)C1. The van der Waals surface area contributed by atoms with Crippen molar-refractivity contribution in [1.82, 2.24) is 15.1 Å². The van der Waals surface area contributed by atoms with Crippen LogP contribution in [0.5, 0.6) is 0 Å². The predicted molar refractivity (Wildman–Crippen MR) is 85.4 cm³/mol. The minimum atomic E-state index is -0.119. The number of nitrogens with one attached hydrogen (secondary N) is 1. The van der Waals surface area contributed by atoms with Gasteiger partial charge in [0.1, 0.15) is 0 Å². The zero-order chi connectivity index (χ0) is 15.8. The van der Waals surface area contributed by atoms with Crippen LogP contribution in [-0.2, 0) is 9.53 Å². The van der Waals surface area contributed by atoms with E-state index >= 15 is 0 Å². The van der Waals surface area contributed by atoms with Crippen LogP contribution in [0.1, 0.15) is 20.8 Å². The monoisotopic (exact) mass is 298 g/mol. The van der Waals surface area contributed by atoms with Crippen molar-refractivity contribution in [2.24, 2.45) is 16.8 Å². The van der Waals surface area contributed by atoms with Gasteiger partial charge < -0.3 is 19.9 Å². The van der Waals surface area contributed by atoms with Gasteiger partial charge in [-0.3, -0.25) is 9.79 Å². The fraction of sp³-hybridized carbons (Fsp3) is 0.867. The molecule has 0 radical (unpaired) electrons. The van der Waals surface area contributed by atoms with E-state index in [9.17, 15) is 4.79 Å². The molecule has 0 amide bonds. The molecule has 0 aliphatic carbocycles. The molecular formula is C15H30N4O2. The molecule has 6 heteroatoms. The van der Waals surface area contributed by atoms with Crippen LogP contribution in [0.15, 0.2) is 4.99 Å². The van der Waals surface area contributed by atoms with Gasteiger partial charge in [-0.25, -0.2) is 0 Å². The Balaban J connectivity index is 2.64. The molecule has 2 atom stereocenters. The molecule has 1 rings (SSSR count). The normalized spacial score (nSPS) is 22.8. The second-order valence-electron chi connectivity index (χ2n) is 5.64. The molecule has 0 aromatic carbocycles. The Morgan fingerprint density at radius 2 is 2.14 bits per heavy atom. The van der Waals surface area contributed by atoms with Crippen LogP contribution in [0.3, 0.4) is 0 Å². The maximum atomic E-state index is 11.8. The number of likely N-dealkylation sites (N-methyl/N-ethyl adjacent to an activating group) is 1. The van der Waals surface area contributed by atoms with Gasteiger partial charge in [-0.05, 0) is 26.4 Å². The fourth-order valence-corrected chi connectivity index (χ4v) is 2.51. The first-order valence-corrected chi connectivity index (χ1v) is 7.83. The molecule has 1 heterocycles. The Kier molecular flexibility index (Phi) is 7.50. The zero-order valence-electron chi connectivity index (χ0n) is 14.1. The van der Waals surface area contributed by atoms with Crippen molar-refractivity contribution in [1.29, 1.82) is 0 Å². The summed E-state index contributed by atoms with van der Waals surface area (Å²) in [5.74, 6) is 1.02. The smallest absolute Gasteiger partial charge is 0.310 e. The minimum Gasteiger partial charge on any atom is -0.469 e. The van der Waals surface area contributed by atoms with E-state index in [0.717, 1.165) is 38.7 Å². The number of nitrogens with zero attached hydrogens (tertiary/aromatic N) is 3. The van der Waals surface area contributed by atoms with Crippen LogP contribution in [0.4, 0.5) is 0 Å². The van der Waals surface area contributed by atoms with Crippen molar-refractivity contribution in [3.8, 4) is 0 Å². The maximum absolute atomic E-state index is 11.8. The van der Waals surface area contributed by atoms with Crippen LogP contribution < -0.4 is 5.32 Å². The van der Waals surface area contributed by atoms with Gasteiger partial charge in [-0.15, -0.1) is 0 Å². The second kappa shape index (κ2) is 8.87. The van der Waals surface area contributed by atoms with Crippen LogP contribution in [-0.4, -0.2) is 75.2 Å². The van der Waals surface area contributed by atoms with Crippen molar-refractivity contribution < 1.29 is 9.53 Å². The number of esters is 1. The molecule has 1 N–H and O–H groups in total. The van der Waals surface area contributed by atoms with Crippen molar-refractivity contribution in [3.05, 3.63) is 0 Å². The van der Waals surface area contributed by atoms with Crippen LogP contribution >= 0.6 is 0 Å². The topological polar surface area (TPSA) is 57.2 Å². The minimum absolute atomic E-state index is 0.0582. The van der Waals surface area contributed by atoms with E-state index in [1.165, 1.54) is 7.11 Å². The highest BCUT2D eigenvalue weighted by Gasteiger charge is 2.36. The summed E-state index contributed by atoms with van der Waals surface area (Å²) in [6.45, 7) is 11.4. The van der Waals surface area contributed by atoms with Crippen LogP contribution in [0.2, 0.25) is 0 Å². The molecule has 0 spiro atoms. The first-order chi connectivity index (χ1) is 10.0. The van der Waals surface area contributed by atoms with E-state index in [2.05, 4.69) is 47.9 Å². The largest absolute Gasteiger partial charge is 0.469 e. The number of guanidine groups is 1. The molecule has 1 fully saturated rings. The van der Waals surface area contributed by atoms with E-state index in [4.69, 9.17) is 4.74 Å². The Morgan fingerprint density at radius 3 is 2.71 bits per heavy atom. The third-order valence-electron chi connectivity index (χ3n) is 4.03. The number of aliphatic imine (C=N–C) groups is 1. The molecule has 1 aliphatic heterocycles. The Hall–Kier alpha value is -1.30. The van der Waals surface area contributed by atoms with E-state index in [0.29, 0.717) is 12.5 Å². The zero-order valence-corrected chi connectivity index (χ0v) is 14.1. The van der Waals surface area contributed by atoms with E-state index < -0.39 is 0 Å². The standard InChI is InChI=1S/C15H30N4O2/c1-6-16-15(17-8-9-18(4)7-2)19-10-12(3)13(11-19)14(20)21-5/h12-13H,6-11H2,1-5H3,(H,16,17). The van der Waals surface area contributed by atoms with Crippen LogP contribution in [0.25, 0.3) is 0 Å². The highest BCUT2D eigenvalue weighted by atomic mass is 16.5. The maximum Gasteiger partial charge on any atom is 0.310 e. The summed E-state index contributed by atoms with van der Waals surface area (Å²) >= 11 is 0. The van der Waals surface area contributed by atoms with Crippen molar-refractivity contribution in [3.63, 3.8) is 0 Å². The highest BCUT2D eigenvalue weighted by molar-refractivity contribution is 5.82. The molecule has 6 nitrogen and oxygen atoms in total. The van der Waals surface area contributed by atoms with Gasteiger partial charge in [0, 0.05) is 26.2 Å². The first kappa shape index (κ1) is 17.8. The van der Waals surface area contributed by atoms with Gasteiger partial charge in [0.2, 0.25) is 0 Å². The van der Waals surface area contributed by atoms with Crippen molar-refractivity contribution >= 4 is 11.9 Å². The summed E-state index contributed by atoms with van der Waals surface area (Å²) < 4.78 is 4.89. The number of methoxy groups -OCH3 is 1. The molecule has 2 unspecified atom stereocenters.